The predicted molar refractivity (Wildman–Crippen MR) is 123 cm³/mol. The van der Waals surface area contributed by atoms with Crippen molar-refractivity contribution in [3.05, 3.63) is 88.4 Å². The van der Waals surface area contributed by atoms with Gasteiger partial charge < -0.3 is 4.90 Å². The van der Waals surface area contributed by atoms with Crippen LogP contribution in [0.4, 0.5) is 11.4 Å². The van der Waals surface area contributed by atoms with Crippen LogP contribution in [0.1, 0.15) is 28.4 Å². The number of rotatable bonds is 3. The van der Waals surface area contributed by atoms with Crippen molar-refractivity contribution < 1.29 is 13.2 Å². The summed E-state index contributed by atoms with van der Waals surface area (Å²) in [5.74, 6) is -0.0562. The number of nitrogens with zero attached hydrogens (tertiary/aromatic N) is 2. The van der Waals surface area contributed by atoms with Crippen molar-refractivity contribution in [2.75, 3.05) is 15.7 Å². The van der Waals surface area contributed by atoms with Crippen molar-refractivity contribution in [3.63, 3.8) is 0 Å². The van der Waals surface area contributed by atoms with Crippen molar-refractivity contribution in [1.82, 2.24) is 0 Å². The summed E-state index contributed by atoms with van der Waals surface area (Å²) >= 11 is 5.90. The Morgan fingerprint density at radius 3 is 2.48 bits per heavy atom. The molecule has 5 nitrogen and oxygen atoms in total. The molecule has 1 atom stereocenters. The third-order valence-electron chi connectivity index (χ3n) is 6.01. The second-order valence-corrected chi connectivity index (χ2v) is 10.3. The average molecular weight is 453 g/mol. The molecule has 1 unspecified atom stereocenters. The Balaban J connectivity index is 1.46. The first kappa shape index (κ1) is 20.1. The van der Waals surface area contributed by atoms with Gasteiger partial charge in [-0.2, -0.15) is 0 Å². The lowest BCUT2D eigenvalue weighted by Gasteiger charge is -2.23. The van der Waals surface area contributed by atoms with E-state index in [1.54, 1.807) is 24.3 Å². The molecule has 0 N–H and O–H groups in total. The van der Waals surface area contributed by atoms with E-state index in [2.05, 4.69) is 6.07 Å². The van der Waals surface area contributed by atoms with E-state index in [0.717, 1.165) is 17.7 Å². The molecule has 2 aliphatic rings. The van der Waals surface area contributed by atoms with Gasteiger partial charge in [-0.15, -0.1) is 0 Å². The number of carbonyl (C=O) groups is 1. The molecule has 7 heteroatoms. The lowest BCUT2D eigenvalue weighted by molar-refractivity contribution is 0.0981. The van der Waals surface area contributed by atoms with Gasteiger partial charge in [0, 0.05) is 28.9 Å². The van der Waals surface area contributed by atoms with Crippen LogP contribution in [-0.2, 0) is 22.9 Å². The summed E-state index contributed by atoms with van der Waals surface area (Å²) in [4.78, 5) is 15.4. The number of fused-ring (bicyclic) bond motifs is 2. The highest BCUT2D eigenvalue weighted by molar-refractivity contribution is 7.92. The monoisotopic (exact) mass is 452 g/mol. The first-order chi connectivity index (χ1) is 14.9. The summed E-state index contributed by atoms with van der Waals surface area (Å²) in [5, 5.41) is 0.488. The van der Waals surface area contributed by atoms with E-state index >= 15 is 0 Å². The van der Waals surface area contributed by atoms with E-state index in [1.165, 1.54) is 22.0 Å². The number of para-hydroxylation sites is 1. The normalized spacial score (nSPS) is 17.5. The largest absolute Gasteiger partial charge is 0.305 e. The molecule has 2 aliphatic heterocycles. The van der Waals surface area contributed by atoms with Gasteiger partial charge in [0.15, 0.2) is 0 Å². The fourth-order valence-electron chi connectivity index (χ4n) is 4.50. The number of hydrogen-bond acceptors (Lipinski definition) is 3. The molecule has 2 heterocycles. The highest BCUT2D eigenvalue weighted by Gasteiger charge is 2.34. The van der Waals surface area contributed by atoms with Crippen LogP contribution in [0.3, 0.4) is 0 Å². The minimum atomic E-state index is -3.69. The molecule has 0 aliphatic carbocycles. The fraction of sp³-hybridized carbons (Fsp3) is 0.208. The number of anilines is 2. The van der Waals surface area contributed by atoms with E-state index in [0.29, 0.717) is 29.2 Å². The molecular weight excluding hydrogens is 432 g/mol. The first-order valence-corrected chi connectivity index (χ1v) is 12.0. The maximum absolute atomic E-state index is 13.3. The van der Waals surface area contributed by atoms with Crippen molar-refractivity contribution in [3.8, 4) is 0 Å². The van der Waals surface area contributed by atoms with Crippen LogP contribution in [0.5, 0.6) is 0 Å². The summed E-state index contributed by atoms with van der Waals surface area (Å²) in [6, 6.07) is 19.5. The Labute approximate surface area is 186 Å². The topological polar surface area (TPSA) is 57.7 Å². The van der Waals surface area contributed by atoms with Gasteiger partial charge in [-0.3, -0.25) is 9.10 Å². The third kappa shape index (κ3) is 3.30. The Morgan fingerprint density at radius 1 is 0.968 bits per heavy atom. The number of carbonyl (C=O) groups excluding carboxylic acids is 1. The lowest BCUT2D eigenvalue weighted by Crippen LogP contribution is -2.35. The van der Waals surface area contributed by atoms with E-state index in [-0.39, 0.29) is 16.8 Å². The smallest absolute Gasteiger partial charge is 0.264 e. The van der Waals surface area contributed by atoms with Crippen LogP contribution in [0, 0.1) is 0 Å². The standard InChI is InChI=1S/C24H21ClN2O3S/c1-16-14-17-4-2-3-5-23(17)27(16)24(28)19-6-11-22-18(15-19)12-13-26(22)31(29,30)21-9-7-20(25)8-10-21/h2-11,15-16H,12-14H2,1H3. The summed E-state index contributed by atoms with van der Waals surface area (Å²) < 4.78 is 27.7. The van der Waals surface area contributed by atoms with Crippen molar-refractivity contribution in [2.24, 2.45) is 0 Å². The quantitative estimate of drug-likeness (QED) is 0.579. The Bertz CT molecular complexity index is 1290. The molecule has 0 saturated carbocycles. The Morgan fingerprint density at radius 2 is 1.71 bits per heavy atom. The van der Waals surface area contributed by atoms with Crippen LogP contribution in [0.25, 0.3) is 0 Å². The summed E-state index contributed by atoms with van der Waals surface area (Å²) in [5.41, 5.74) is 4.19. The van der Waals surface area contributed by atoms with Gasteiger partial charge in [0.2, 0.25) is 0 Å². The minimum absolute atomic E-state index is 0.0562. The van der Waals surface area contributed by atoms with E-state index < -0.39 is 10.0 Å². The van der Waals surface area contributed by atoms with Crippen LogP contribution in [0.2, 0.25) is 5.02 Å². The van der Waals surface area contributed by atoms with Crippen molar-refractivity contribution in [1.29, 1.82) is 0 Å². The van der Waals surface area contributed by atoms with E-state index in [4.69, 9.17) is 11.6 Å². The maximum Gasteiger partial charge on any atom is 0.264 e. The number of benzene rings is 3. The van der Waals surface area contributed by atoms with E-state index in [9.17, 15) is 13.2 Å². The first-order valence-electron chi connectivity index (χ1n) is 10.2. The van der Waals surface area contributed by atoms with Gasteiger partial charge in [0.25, 0.3) is 15.9 Å². The van der Waals surface area contributed by atoms with Gasteiger partial charge in [-0.25, -0.2) is 8.42 Å². The zero-order valence-electron chi connectivity index (χ0n) is 17.0. The second kappa shape index (κ2) is 7.39. The van der Waals surface area contributed by atoms with Crippen molar-refractivity contribution in [2.45, 2.75) is 30.7 Å². The van der Waals surface area contributed by atoms with Gasteiger partial charge in [0.05, 0.1) is 10.6 Å². The molecule has 158 valence electrons. The van der Waals surface area contributed by atoms with E-state index in [1.807, 2.05) is 36.1 Å². The van der Waals surface area contributed by atoms with Crippen LogP contribution >= 0.6 is 11.6 Å². The molecule has 1 amide bonds. The SMILES string of the molecule is CC1Cc2ccccc2N1C(=O)c1ccc2c(c1)CCN2S(=O)(=O)c1ccc(Cl)cc1. The summed E-state index contributed by atoms with van der Waals surface area (Å²) in [6.07, 6.45) is 1.40. The third-order valence-corrected chi connectivity index (χ3v) is 8.09. The van der Waals surface area contributed by atoms with Crippen LogP contribution in [0.15, 0.2) is 71.6 Å². The highest BCUT2D eigenvalue weighted by Crippen LogP contribution is 2.36. The molecular formula is C24H21ClN2O3S. The zero-order chi connectivity index (χ0) is 21.8. The zero-order valence-corrected chi connectivity index (χ0v) is 18.5. The Kier molecular flexibility index (Phi) is 4.79. The lowest BCUT2D eigenvalue weighted by atomic mass is 10.1. The molecule has 0 fully saturated rings. The molecule has 0 radical (unpaired) electrons. The fourth-order valence-corrected chi connectivity index (χ4v) is 6.13. The highest BCUT2D eigenvalue weighted by atomic mass is 35.5. The molecule has 0 aromatic heterocycles. The number of hydrogen-bond donors (Lipinski definition) is 0. The molecule has 0 spiro atoms. The number of halogens is 1. The molecule has 31 heavy (non-hydrogen) atoms. The van der Waals surface area contributed by atoms with Crippen molar-refractivity contribution >= 4 is 38.9 Å². The molecule has 3 aromatic rings. The van der Waals surface area contributed by atoms with Gasteiger partial charge in [0.1, 0.15) is 0 Å². The van der Waals surface area contributed by atoms with Gasteiger partial charge in [-0.1, -0.05) is 29.8 Å². The maximum atomic E-state index is 13.3. The van der Waals surface area contributed by atoms with Gasteiger partial charge >= 0.3 is 0 Å². The summed E-state index contributed by atoms with van der Waals surface area (Å²) in [6.45, 7) is 2.40. The minimum Gasteiger partial charge on any atom is -0.305 e. The Hall–Kier alpha value is -2.83. The van der Waals surface area contributed by atoms with Crippen LogP contribution in [-0.4, -0.2) is 26.9 Å². The molecule has 0 bridgehead atoms. The predicted octanol–water partition coefficient (Wildman–Crippen LogP) is 4.68. The molecule has 5 rings (SSSR count). The second-order valence-electron chi connectivity index (χ2n) is 7.98. The molecule has 0 saturated heterocycles. The number of amides is 1. The number of sulfonamides is 1. The average Bonchev–Trinajstić information content (AvgIpc) is 3.33. The summed E-state index contributed by atoms with van der Waals surface area (Å²) in [7, 11) is -3.69. The van der Waals surface area contributed by atoms with Crippen LogP contribution < -0.4 is 9.21 Å². The molecule has 3 aromatic carbocycles. The van der Waals surface area contributed by atoms with Gasteiger partial charge in [-0.05, 0) is 79.4 Å².